The molecule has 0 saturated heterocycles. The van der Waals surface area contributed by atoms with Crippen LogP contribution in [-0.2, 0) is 34.4 Å². The fourth-order valence-electron chi connectivity index (χ4n) is 0. The summed E-state index contributed by atoms with van der Waals surface area (Å²) in [5, 5.41) is 0. The van der Waals surface area contributed by atoms with E-state index in [9.17, 15) is 0 Å². The van der Waals surface area contributed by atoms with Crippen molar-refractivity contribution in [2.24, 2.45) is 0 Å². The first-order valence-corrected chi connectivity index (χ1v) is 0. The zero-order chi connectivity index (χ0) is 0. The average molecular weight is 165 g/mol. The Bertz CT molecular complexity index is 11.6. The first kappa shape index (κ1) is 101. The van der Waals surface area contributed by atoms with Gasteiger partial charge in [-0.1, -0.05) is 0 Å². The van der Waals surface area contributed by atoms with Gasteiger partial charge < -0.3 is 7.43 Å². The normalized spacial score (nSPS) is 0. The van der Waals surface area contributed by atoms with Crippen LogP contribution >= 0.6 is 0 Å². The van der Waals surface area contributed by atoms with Gasteiger partial charge in [0, 0.05) is 42.8 Å². The van der Waals surface area contributed by atoms with Gasteiger partial charge in [-0.05, 0) is 11.0 Å². The second-order valence-electron chi connectivity index (χ2n) is 0. The molecule has 0 heterocycles. The maximum atomic E-state index is 0. The molecule has 0 unspecified atom stereocenters. The van der Waals surface area contributed by atoms with Gasteiger partial charge in [0.25, 0.3) is 0 Å². The predicted octanol–water partition coefficient (Wildman–Crippen LogP) is -1.12. The Morgan fingerprint density at radius 1 is 1.00 bits per heavy atom. The molecule has 0 fully saturated rings. The SMILES string of the molecule is [B].[CH3-].[Cr].[Fe].[SiH3]. The van der Waals surface area contributed by atoms with Crippen LogP contribution in [0, 0.1) is 7.43 Å². The van der Waals surface area contributed by atoms with Gasteiger partial charge in [-0.3, -0.25) is 0 Å². The molecule has 32 valence electrons. The zero-order valence-electron chi connectivity index (χ0n) is 3.34. The molecule has 4 radical (unpaired) electrons. The van der Waals surface area contributed by atoms with E-state index in [1.807, 2.05) is 0 Å². The summed E-state index contributed by atoms with van der Waals surface area (Å²) < 4.78 is 0. The molecule has 0 spiro atoms. The van der Waals surface area contributed by atoms with Gasteiger partial charge in [-0.15, -0.1) is 0 Å². The summed E-state index contributed by atoms with van der Waals surface area (Å²) in [6.07, 6.45) is 0. The largest absolute Gasteiger partial charge is 0.358 e. The summed E-state index contributed by atoms with van der Waals surface area (Å²) in [6, 6.07) is 0. The van der Waals surface area contributed by atoms with Crippen LogP contribution in [-0.4, -0.2) is 19.4 Å². The molecule has 0 aliphatic heterocycles. The number of hydrogen-bond acceptors (Lipinski definition) is 0. The summed E-state index contributed by atoms with van der Waals surface area (Å²) in [5.41, 5.74) is 0. The molecular formula is CH6BCrFeSi-. The van der Waals surface area contributed by atoms with Crippen molar-refractivity contribution < 1.29 is 34.4 Å². The molecule has 0 aromatic carbocycles. The standard InChI is InChI=1S/CH3.B.Cr.Fe.H3Si/h1H3;;;;1H3/q-1;;;;. The van der Waals surface area contributed by atoms with E-state index in [0.29, 0.717) is 0 Å². The fourth-order valence-corrected chi connectivity index (χ4v) is 0. The fraction of sp³-hybridized carbons (Fsp3) is 0. The summed E-state index contributed by atoms with van der Waals surface area (Å²) in [7, 11) is 0. The van der Waals surface area contributed by atoms with Crippen molar-refractivity contribution in [2.75, 3.05) is 0 Å². The van der Waals surface area contributed by atoms with Gasteiger partial charge >= 0.3 is 0 Å². The van der Waals surface area contributed by atoms with Crippen molar-refractivity contribution in [3.05, 3.63) is 7.43 Å². The Morgan fingerprint density at radius 3 is 1.00 bits per heavy atom. The van der Waals surface area contributed by atoms with Gasteiger partial charge in [0.05, 0.1) is 0 Å². The zero-order valence-corrected chi connectivity index (χ0v) is 7.72. The average Bonchev–Trinajstić information content (AvgIpc) is 0. The van der Waals surface area contributed by atoms with Crippen molar-refractivity contribution in [2.45, 2.75) is 0 Å². The van der Waals surface area contributed by atoms with Crippen LogP contribution in [0.2, 0.25) is 0 Å². The Morgan fingerprint density at radius 2 is 1.00 bits per heavy atom. The molecule has 0 bridgehead atoms. The molecule has 0 aliphatic carbocycles. The molecule has 0 aromatic rings. The monoisotopic (exact) mass is 165 g/mol. The van der Waals surface area contributed by atoms with Crippen molar-refractivity contribution in [1.29, 1.82) is 0 Å². The molecule has 5 heavy (non-hydrogen) atoms. The molecule has 0 aromatic heterocycles. The molecule has 0 rings (SSSR count). The minimum Gasteiger partial charge on any atom is -0.358 e. The summed E-state index contributed by atoms with van der Waals surface area (Å²) >= 11 is 0. The third kappa shape index (κ3) is 33.3. The minimum atomic E-state index is 0. The second-order valence-corrected chi connectivity index (χ2v) is 0. The third-order valence-corrected chi connectivity index (χ3v) is 0. The second kappa shape index (κ2) is 56.3. The van der Waals surface area contributed by atoms with Crippen molar-refractivity contribution in [1.82, 2.24) is 0 Å². The molecule has 4 heteroatoms. The van der Waals surface area contributed by atoms with E-state index in [2.05, 4.69) is 0 Å². The number of hydrogen-bond donors (Lipinski definition) is 0. The van der Waals surface area contributed by atoms with Gasteiger partial charge in [0.15, 0.2) is 0 Å². The Balaban J connectivity index is 0. The molecule has 0 atom stereocenters. The van der Waals surface area contributed by atoms with E-state index < -0.39 is 0 Å². The smallest absolute Gasteiger partial charge is 0 e. The Labute approximate surface area is 61.3 Å². The summed E-state index contributed by atoms with van der Waals surface area (Å²) in [4.78, 5) is 0. The van der Waals surface area contributed by atoms with Crippen LogP contribution in [0.25, 0.3) is 0 Å². The van der Waals surface area contributed by atoms with E-state index in [1.165, 1.54) is 0 Å². The Kier molecular flexibility index (Phi) is 1140. The topological polar surface area (TPSA) is 0 Å². The van der Waals surface area contributed by atoms with Gasteiger partial charge in [-0.25, -0.2) is 0 Å². The Hall–Kier alpha value is 1.33. The van der Waals surface area contributed by atoms with Crippen LogP contribution in [0.15, 0.2) is 0 Å². The van der Waals surface area contributed by atoms with Crippen LogP contribution < -0.4 is 0 Å². The molecule has 0 amide bonds. The minimum absolute atomic E-state index is 0. The molecular weight excluding hydrogens is 159 g/mol. The van der Waals surface area contributed by atoms with Crippen molar-refractivity contribution in [3.63, 3.8) is 0 Å². The first-order valence-electron chi connectivity index (χ1n) is 0. The van der Waals surface area contributed by atoms with E-state index in [-0.39, 0.29) is 61.2 Å². The van der Waals surface area contributed by atoms with Crippen LogP contribution in [0.1, 0.15) is 0 Å². The number of rotatable bonds is 0. The summed E-state index contributed by atoms with van der Waals surface area (Å²) in [6.45, 7) is 0. The van der Waals surface area contributed by atoms with E-state index in [0.717, 1.165) is 0 Å². The van der Waals surface area contributed by atoms with Crippen molar-refractivity contribution in [3.8, 4) is 0 Å². The molecule has 0 saturated carbocycles. The van der Waals surface area contributed by atoms with Crippen LogP contribution in [0.5, 0.6) is 0 Å². The molecule has 0 nitrogen and oxygen atoms in total. The van der Waals surface area contributed by atoms with Gasteiger partial charge in [-0.2, -0.15) is 0 Å². The van der Waals surface area contributed by atoms with Gasteiger partial charge in [0.2, 0.25) is 0 Å². The van der Waals surface area contributed by atoms with E-state index in [4.69, 9.17) is 0 Å². The maximum Gasteiger partial charge on any atom is 0 e. The van der Waals surface area contributed by atoms with Crippen LogP contribution in [0.3, 0.4) is 0 Å². The van der Waals surface area contributed by atoms with E-state index in [1.54, 1.807) is 0 Å². The molecule has 0 aliphatic rings. The predicted molar refractivity (Wildman–Crippen MR) is 22.1 cm³/mol. The molecule has 0 N–H and O–H groups in total. The first-order chi connectivity index (χ1) is 0. The van der Waals surface area contributed by atoms with Crippen molar-refractivity contribution >= 4 is 19.4 Å². The maximum absolute atomic E-state index is 0. The summed E-state index contributed by atoms with van der Waals surface area (Å²) in [5.74, 6) is 0. The third-order valence-electron chi connectivity index (χ3n) is 0. The van der Waals surface area contributed by atoms with Gasteiger partial charge in [0.1, 0.15) is 0 Å². The van der Waals surface area contributed by atoms with Crippen LogP contribution in [0.4, 0.5) is 0 Å². The quantitative estimate of drug-likeness (QED) is 0.315. The van der Waals surface area contributed by atoms with E-state index >= 15 is 0 Å².